The Morgan fingerprint density at radius 3 is 2.09 bits per heavy atom. The Kier molecular flexibility index (Phi) is 4.79. The van der Waals surface area contributed by atoms with Crippen molar-refractivity contribution in [1.29, 1.82) is 0 Å². The van der Waals surface area contributed by atoms with Gasteiger partial charge in [0, 0.05) is 15.4 Å². The lowest BCUT2D eigenvalue weighted by atomic mass is 10.0. The normalized spacial score (nSPS) is 10.3. The molecule has 0 heterocycles. The van der Waals surface area contributed by atoms with Gasteiger partial charge in [0.15, 0.2) is 5.78 Å². The van der Waals surface area contributed by atoms with Crippen molar-refractivity contribution >= 4 is 17.5 Å². The molecule has 0 N–H and O–H groups in total. The standard InChI is InChI=1S/C20H16O2S/c1-22-19-10-6-5-9-18(19)20(21)15-11-13-17(14-12-15)23-16-7-3-2-4-8-16/h2-14H,1H3. The summed E-state index contributed by atoms with van der Waals surface area (Å²) in [7, 11) is 1.58. The van der Waals surface area contributed by atoms with Gasteiger partial charge in [-0.05, 0) is 48.5 Å². The lowest BCUT2D eigenvalue weighted by molar-refractivity contribution is 0.103. The molecule has 3 heteroatoms. The average Bonchev–Trinajstić information content (AvgIpc) is 2.62. The molecular weight excluding hydrogens is 304 g/mol. The van der Waals surface area contributed by atoms with Crippen molar-refractivity contribution in [2.75, 3.05) is 7.11 Å². The third kappa shape index (κ3) is 3.63. The molecule has 0 aromatic heterocycles. The fraction of sp³-hybridized carbons (Fsp3) is 0.0500. The first kappa shape index (κ1) is 15.4. The molecule has 2 nitrogen and oxygen atoms in total. The van der Waals surface area contributed by atoms with Crippen LogP contribution in [-0.2, 0) is 0 Å². The summed E-state index contributed by atoms with van der Waals surface area (Å²) in [6.07, 6.45) is 0. The van der Waals surface area contributed by atoms with Crippen LogP contribution >= 0.6 is 11.8 Å². The minimum absolute atomic E-state index is 0.0290. The van der Waals surface area contributed by atoms with Gasteiger partial charge in [0.05, 0.1) is 12.7 Å². The van der Waals surface area contributed by atoms with Gasteiger partial charge in [-0.1, -0.05) is 42.1 Å². The molecule has 0 unspecified atom stereocenters. The molecule has 0 aliphatic heterocycles. The third-order valence-electron chi connectivity index (χ3n) is 3.45. The van der Waals surface area contributed by atoms with Crippen molar-refractivity contribution in [3.8, 4) is 5.75 Å². The Labute approximate surface area is 140 Å². The molecule has 0 saturated heterocycles. The van der Waals surface area contributed by atoms with Gasteiger partial charge in [0.25, 0.3) is 0 Å². The van der Waals surface area contributed by atoms with Crippen molar-refractivity contribution in [1.82, 2.24) is 0 Å². The van der Waals surface area contributed by atoms with Crippen molar-refractivity contribution < 1.29 is 9.53 Å². The highest BCUT2D eigenvalue weighted by atomic mass is 32.2. The molecule has 0 saturated carbocycles. The molecular formula is C20H16O2S. The summed E-state index contributed by atoms with van der Waals surface area (Å²) in [6, 6.07) is 25.1. The number of hydrogen-bond donors (Lipinski definition) is 0. The van der Waals surface area contributed by atoms with E-state index in [4.69, 9.17) is 4.74 Å². The second kappa shape index (κ2) is 7.16. The van der Waals surface area contributed by atoms with Crippen LogP contribution in [0.2, 0.25) is 0 Å². The third-order valence-corrected chi connectivity index (χ3v) is 4.46. The van der Waals surface area contributed by atoms with Gasteiger partial charge in [-0.15, -0.1) is 0 Å². The van der Waals surface area contributed by atoms with Crippen LogP contribution in [-0.4, -0.2) is 12.9 Å². The SMILES string of the molecule is COc1ccccc1C(=O)c1ccc(Sc2ccccc2)cc1. The molecule has 3 aromatic rings. The van der Waals surface area contributed by atoms with Crippen LogP contribution in [0.4, 0.5) is 0 Å². The second-order valence-corrected chi connectivity index (χ2v) is 6.12. The Morgan fingerprint density at radius 1 is 0.783 bits per heavy atom. The summed E-state index contributed by atoms with van der Waals surface area (Å²) in [6.45, 7) is 0. The van der Waals surface area contributed by atoms with Crippen LogP contribution in [0.5, 0.6) is 5.75 Å². The molecule has 23 heavy (non-hydrogen) atoms. The molecule has 3 rings (SSSR count). The summed E-state index contributed by atoms with van der Waals surface area (Å²) in [5.41, 5.74) is 1.24. The van der Waals surface area contributed by atoms with Gasteiger partial charge in [-0.25, -0.2) is 0 Å². The summed E-state index contributed by atoms with van der Waals surface area (Å²) in [5.74, 6) is 0.568. The van der Waals surface area contributed by atoms with Crippen LogP contribution in [0.1, 0.15) is 15.9 Å². The number of ketones is 1. The van der Waals surface area contributed by atoms with Gasteiger partial charge in [0.1, 0.15) is 5.75 Å². The molecule has 114 valence electrons. The van der Waals surface area contributed by atoms with Gasteiger partial charge in [-0.3, -0.25) is 4.79 Å². The minimum atomic E-state index is -0.0290. The highest BCUT2D eigenvalue weighted by molar-refractivity contribution is 7.99. The number of carbonyl (C=O) groups excluding carboxylic acids is 1. The Bertz CT molecular complexity index is 795. The number of hydrogen-bond acceptors (Lipinski definition) is 3. The summed E-state index contributed by atoms with van der Waals surface area (Å²) in [5, 5.41) is 0. The fourth-order valence-corrected chi connectivity index (χ4v) is 3.12. The van der Waals surface area contributed by atoms with E-state index < -0.39 is 0 Å². The zero-order valence-electron chi connectivity index (χ0n) is 12.7. The van der Waals surface area contributed by atoms with Crippen LogP contribution in [0.3, 0.4) is 0 Å². The first-order valence-corrected chi connectivity index (χ1v) is 8.10. The van der Waals surface area contributed by atoms with E-state index in [1.807, 2.05) is 54.6 Å². The maximum Gasteiger partial charge on any atom is 0.196 e. The van der Waals surface area contributed by atoms with Gasteiger partial charge >= 0.3 is 0 Å². The lowest BCUT2D eigenvalue weighted by Gasteiger charge is -2.08. The first-order valence-electron chi connectivity index (χ1n) is 7.28. The largest absolute Gasteiger partial charge is 0.496 e. The van der Waals surface area contributed by atoms with E-state index >= 15 is 0 Å². The van der Waals surface area contributed by atoms with Crippen LogP contribution in [0.15, 0.2) is 88.7 Å². The van der Waals surface area contributed by atoms with Crippen molar-refractivity contribution in [2.24, 2.45) is 0 Å². The summed E-state index contributed by atoms with van der Waals surface area (Å²) in [4.78, 5) is 14.9. The number of benzene rings is 3. The Hall–Kier alpha value is -2.52. The molecule has 0 atom stereocenters. The van der Waals surface area contributed by atoms with E-state index in [0.29, 0.717) is 16.9 Å². The van der Waals surface area contributed by atoms with Crippen LogP contribution < -0.4 is 4.74 Å². The lowest BCUT2D eigenvalue weighted by Crippen LogP contribution is -2.03. The monoisotopic (exact) mass is 320 g/mol. The maximum atomic E-state index is 12.6. The number of rotatable bonds is 5. The van der Waals surface area contributed by atoms with Crippen molar-refractivity contribution in [3.63, 3.8) is 0 Å². The van der Waals surface area contributed by atoms with Crippen molar-refractivity contribution in [3.05, 3.63) is 90.0 Å². The van der Waals surface area contributed by atoms with Crippen LogP contribution in [0, 0.1) is 0 Å². The Balaban J connectivity index is 1.80. The summed E-state index contributed by atoms with van der Waals surface area (Å²) >= 11 is 1.68. The van der Waals surface area contributed by atoms with Crippen LogP contribution in [0.25, 0.3) is 0 Å². The topological polar surface area (TPSA) is 26.3 Å². The number of ether oxygens (including phenoxy) is 1. The Morgan fingerprint density at radius 2 is 1.39 bits per heavy atom. The highest BCUT2D eigenvalue weighted by Gasteiger charge is 2.13. The quantitative estimate of drug-likeness (QED) is 0.613. The van der Waals surface area contributed by atoms with Gasteiger partial charge < -0.3 is 4.74 Å². The van der Waals surface area contributed by atoms with Gasteiger partial charge in [-0.2, -0.15) is 0 Å². The zero-order valence-corrected chi connectivity index (χ0v) is 13.5. The molecule has 0 bridgehead atoms. The first-order chi connectivity index (χ1) is 11.3. The van der Waals surface area contributed by atoms with Crippen molar-refractivity contribution in [2.45, 2.75) is 9.79 Å². The van der Waals surface area contributed by atoms with E-state index in [1.54, 1.807) is 31.0 Å². The molecule has 0 aliphatic rings. The minimum Gasteiger partial charge on any atom is -0.496 e. The molecule has 0 fully saturated rings. The molecule has 0 spiro atoms. The number of methoxy groups -OCH3 is 1. The van der Waals surface area contributed by atoms with Gasteiger partial charge in [0.2, 0.25) is 0 Å². The summed E-state index contributed by atoms with van der Waals surface area (Å²) < 4.78 is 5.27. The van der Waals surface area contributed by atoms with E-state index in [-0.39, 0.29) is 5.78 Å². The predicted octanol–water partition coefficient (Wildman–Crippen LogP) is 5.08. The van der Waals surface area contributed by atoms with E-state index in [9.17, 15) is 4.79 Å². The maximum absolute atomic E-state index is 12.6. The van der Waals surface area contributed by atoms with E-state index in [1.165, 1.54) is 4.90 Å². The predicted molar refractivity (Wildman–Crippen MR) is 93.4 cm³/mol. The molecule has 0 amide bonds. The zero-order chi connectivity index (χ0) is 16.1. The second-order valence-electron chi connectivity index (χ2n) is 4.97. The highest BCUT2D eigenvalue weighted by Crippen LogP contribution is 2.28. The molecule has 0 radical (unpaired) electrons. The van der Waals surface area contributed by atoms with E-state index in [0.717, 1.165) is 4.90 Å². The smallest absolute Gasteiger partial charge is 0.196 e. The molecule has 3 aromatic carbocycles. The number of carbonyl (C=O) groups is 1. The molecule has 0 aliphatic carbocycles. The van der Waals surface area contributed by atoms with E-state index in [2.05, 4.69) is 12.1 Å². The average molecular weight is 320 g/mol. The number of para-hydroxylation sites is 1. The fourth-order valence-electron chi connectivity index (χ4n) is 2.29.